The van der Waals surface area contributed by atoms with Gasteiger partial charge in [-0.2, -0.15) is 0 Å². The van der Waals surface area contributed by atoms with Crippen LogP contribution in [0.2, 0.25) is 0 Å². The molecule has 1 fully saturated rings. The molecule has 0 spiro atoms. The van der Waals surface area contributed by atoms with Crippen LogP contribution in [-0.2, 0) is 22.7 Å². The molecule has 4 amide bonds. The molecular weight excluding hydrogens is 334 g/mol. The smallest absolute Gasteiger partial charge is 0.325 e. The van der Waals surface area contributed by atoms with Gasteiger partial charge >= 0.3 is 6.03 Å². The van der Waals surface area contributed by atoms with Crippen LogP contribution in [0.1, 0.15) is 9.75 Å². The highest BCUT2D eigenvalue weighted by Crippen LogP contribution is 2.17. The Balaban J connectivity index is 1.69. The minimum atomic E-state index is -0.504. The SMILES string of the molecule is O=C1CN(CC(=O)N(Cc2cccs2)Cc2cccs2)C(=O)N1. The molecule has 1 aliphatic heterocycles. The van der Waals surface area contributed by atoms with Crippen LogP contribution in [0, 0.1) is 0 Å². The number of rotatable bonds is 6. The number of carbonyl (C=O) groups is 3. The molecule has 120 valence electrons. The lowest BCUT2D eigenvalue weighted by Gasteiger charge is -2.24. The summed E-state index contributed by atoms with van der Waals surface area (Å²) in [6, 6.07) is 7.34. The summed E-state index contributed by atoms with van der Waals surface area (Å²) in [7, 11) is 0. The summed E-state index contributed by atoms with van der Waals surface area (Å²) < 4.78 is 0. The molecule has 1 aliphatic rings. The lowest BCUT2D eigenvalue weighted by atomic mass is 10.3. The van der Waals surface area contributed by atoms with Gasteiger partial charge in [-0.1, -0.05) is 12.1 Å². The van der Waals surface area contributed by atoms with E-state index in [4.69, 9.17) is 0 Å². The van der Waals surface area contributed by atoms with E-state index < -0.39 is 6.03 Å². The zero-order chi connectivity index (χ0) is 16.2. The highest BCUT2D eigenvalue weighted by atomic mass is 32.1. The number of hydrogen-bond acceptors (Lipinski definition) is 5. The minimum absolute atomic E-state index is 0.0591. The van der Waals surface area contributed by atoms with E-state index in [0.717, 1.165) is 9.75 Å². The van der Waals surface area contributed by atoms with Gasteiger partial charge in [-0.05, 0) is 22.9 Å². The third-order valence-electron chi connectivity index (χ3n) is 3.40. The van der Waals surface area contributed by atoms with Crippen LogP contribution in [0.4, 0.5) is 4.79 Å². The first-order valence-corrected chi connectivity index (χ1v) is 8.79. The Morgan fingerprint density at radius 1 is 1.13 bits per heavy atom. The molecule has 2 aromatic heterocycles. The predicted octanol–water partition coefficient (Wildman–Crippen LogP) is 1.89. The van der Waals surface area contributed by atoms with Crippen LogP contribution in [0.3, 0.4) is 0 Å². The van der Waals surface area contributed by atoms with Crippen molar-refractivity contribution in [3.05, 3.63) is 44.8 Å². The van der Waals surface area contributed by atoms with Crippen LogP contribution in [0.25, 0.3) is 0 Å². The van der Waals surface area contributed by atoms with Gasteiger partial charge < -0.3 is 9.80 Å². The number of carbonyl (C=O) groups excluding carboxylic acids is 3. The average Bonchev–Trinajstić information content (AvgIpc) is 3.23. The predicted molar refractivity (Wildman–Crippen MR) is 88.0 cm³/mol. The molecule has 6 nitrogen and oxygen atoms in total. The van der Waals surface area contributed by atoms with Crippen molar-refractivity contribution in [3.63, 3.8) is 0 Å². The van der Waals surface area contributed by atoms with Crippen molar-refractivity contribution < 1.29 is 14.4 Å². The highest BCUT2D eigenvalue weighted by molar-refractivity contribution is 7.10. The molecule has 0 atom stereocenters. The molecule has 23 heavy (non-hydrogen) atoms. The number of hydrogen-bond donors (Lipinski definition) is 1. The molecular formula is C15H15N3O3S2. The Kier molecular flexibility index (Phi) is 4.73. The summed E-state index contributed by atoms with van der Waals surface area (Å²) in [6.07, 6.45) is 0. The standard InChI is InChI=1S/C15H15N3O3S2/c19-13-9-18(15(21)16-13)10-14(20)17(7-11-3-1-5-22-11)8-12-4-2-6-23-12/h1-6H,7-10H2,(H,16,19,21). The van der Waals surface area contributed by atoms with Crippen LogP contribution in [0.5, 0.6) is 0 Å². The van der Waals surface area contributed by atoms with Gasteiger partial charge in [0.1, 0.15) is 13.1 Å². The van der Waals surface area contributed by atoms with E-state index in [-0.39, 0.29) is 24.9 Å². The van der Waals surface area contributed by atoms with Gasteiger partial charge in [0, 0.05) is 9.75 Å². The molecule has 0 saturated carbocycles. The first-order valence-electron chi connectivity index (χ1n) is 7.03. The number of nitrogens with one attached hydrogen (secondary N) is 1. The molecule has 0 radical (unpaired) electrons. The Hall–Kier alpha value is -2.19. The molecule has 2 aromatic rings. The fourth-order valence-electron chi connectivity index (χ4n) is 2.29. The van der Waals surface area contributed by atoms with E-state index in [9.17, 15) is 14.4 Å². The van der Waals surface area contributed by atoms with Gasteiger partial charge in [0.2, 0.25) is 11.8 Å². The summed E-state index contributed by atoms with van der Waals surface area (Å²) >= 11 is 3.17. The Morgan fingerprint density at radius 2 is 1.74 bits per heavy atom. The van der Waals surface area contributed by atoms with Crippen molar-refractivity contribution in [1.82, 2.24) is 15.1 Å². The minimum Gasteiger partial charge on any atom is -0.331 e. The number of thiophene rings is 2. The van der Waals surface area contributed by atoms with Crippen LogP contribution in [-0.4, -0.2) is 40.7 Å². The van der Waals surface area contributed by atoms with Gasteiger partial charge in [-0.15, -0.1) is 22.7 Å². The second-order valence-electron chi connectivity index (χ2n) is 5.12. The molecule has 1 N–H and O–H groups in total. The molecule has 1 saturated heterocycles. The van der Waals surface area contributed by atoms with Crippen LogP contribution < -0.4 is 5.32 Å². The zero-order valence-electron chi connectivity index (χ0n) is 12.2. The van der Waals surface area contributed by atoms with Gasteiger partial charge in [0.25, 0.3) is 0 Å². The van der Waals surface area contributed by atoms with E-state index in [1.54, 1.807) is 27.6 Å². The second-order valence-corrected chi connectivity index (χ2v) is 7.18. The van der Waals surface area contributed by atoms with Gasteiger partial charge in [0.05, 0.1) is 13.1 Å². The number of urea groups is 1. The fourth-order valence-corrected chi connectivity index (χ4v) is 3.73. The second kappa shape index (κ2) is 6.93. The monoisotopic (exact) mass is 349 g/mol. The summed E-state index contributed by atoms with van der Waals surface area (Å²) in [4.78, 5) is 40.6. The summed E-state index contributed by atoms with van der Waals surface area (Å²) in [6.45, 7) is 0.848. The largest absolute Gasteiger partial charge is 0.331 e. The van der Waals surface area contributed by atoms with E-state index in [1.165, 1.54) is 4.90 Å². The van der Waals surface area contributed by atoms with Crippen molar-refractivity contribution in [2.75, 3.05) is 13.1 Å². The van der Waals surface area contributed by atoms with Gasteiger partial charge in [0.15, 0.2) is 0 Å². The number of imide groups is 1. The third-order valence-corrected chi connectivity index (χ3v) is 5.12. The first kappa shape index (κ1) is 15.7. The first-order chi connectivity index (χ1) is 11.1. The zero-order valence-corrected chi connectivity index (χ0v) is 13.9. The van der Waals surface area contributed by atoms with Crippen molar-refractivity contribution in [2.45, 2.75) is 13.1 Å². The molecule has 0 unspecified atom stereocenters. The lowest BCUT2D eigenvalue weighted by Crippen LogP contribution is -2.40. The van der Waals surface area contributed by atoms with Gasteiger partial charge in [-0.3, -0.25) is 14.9 Å². The summed E-state index contributed by atoms with van der Waals surface area (Å²) in [5.74, 6) is -0.539. The normalized spacial score (nSPS) is 14.2. The molecule has 0 bridgehead atoms. The van der Waals surface area contributed by atoms with Crippen molar-refractivity contribution in [1.29, 1.82) is 0 Å². The maximum atomic E-state index is 12.6. The Labute approximate surface area is 141 Å². The lowest BCUT2D eigenvalue weighted by molar-refractivity contribution is -0.132. The Morgan fingerprint density at radius 3 is 2.17 bits per heavy atom. The van der Waals surface area contributed by atoms with E-state index in [0.29, 0.717) is 13.1 Å². The van der Waals surface area contributed by atoms with Crippen LogP contribution in [0.15, 0.2) is 35.0 Å². The molecule has 8 heteroatoms. The van der Waals surface area contributed by atoms with E-state index in [2.05, 4.69) is 5.32 Å². The van der Waals surface area contributed by atoms with Crippen molar-refractivity contribution >= 4 is 40.5 Å². The summed E-state index contributed by atoms with van der Waals surface area (Å²) in [5, 5.41) is 6.12. The number of nitrogens with zero attached hydrogens (tertiary/aromatic N) is 2. The average molecular weight is 349 g/mol. The molecule has 3 heterocycles. The van der Waals surface area contributed by atoms with E-state index in [1.807, 2.05) is 35.0 Å². The Bertz CT molecular complexity index is 661. The van der Waals surface area contributed by atoms with Crippen LogP contribution >= 0.6 is 22.7 Å². The topological polar surface area (TPSA) is 69.7 Å². The molecule has 3 rings (SSSR count). The maximum Gasteiger partial charge on any atom is 0.325 e. The fraction of sp³-hybridized carbons (Fsp3) is 0.267. The molecule has 0 aromatic carbocycles. The maximum absolute atomic E-state index is 12.6. The molecule has 0 aliphatic carbocycles. The van der Waals surface area contributed by atoms with Crippen molar-refractivity contribution in [3.8, 4) is 0 Å². The quantitative estimate of drug-likeness (QED) is 0.810. The third kappa shape index (κ3) is 3.96. The van der Waals surface area contributed by atoms with Gasteiger partial charge in [-0.25, -0.2) is 4.79 Å². The highest BCUT2D eigenvalue weighted by Gasteiger charge is 2.29. The van der Waals surface area contributed by atoms with Crippen molar-refractivity contribution in [2.24, 2.45) is 0 Å². The summed E-state index contributed by atoms with van der Waals surface area (Å²) in [5.41, 5.74) is 0. The number of amides is 4. The van der Waals surface area contributed by atoms with E-state index >= 15 is 0 Å².